The van der Waals surface area contributed by atoms with E-state index in [4.69, 9.17) is 9.47 Å². The Hall–Kier alpha value is -2.44. The maximum atomic E-state index is 11.6. The van der Waals surface area contributed by atoms with E-state index in [2.05, 4.69) is 40.4 Å². The molecule has 29 heavy (non-hydrogen) atoms. The molecule has 1 fully saturated rings. The first-order valence-electron chi connectivity index (χ1n) is 10.2. The van der Waals surface area contributed by atoms with Crippen molar-refractivity contribution in [2.75, 3.05) is 47.9 Å². The number of aliphatic imine (C=N–C) groups is 1. The van der Waals surface area contributed by atoms with Gasteiger partial charge in [0.2, 0.25) is 5.91 Å². The van der Waals surface area contributed by atoms with Crippen LogP contribution in [0.4, 0.5) is 0 Å². The number of rotatable bonds is 7. The standard InChI is InChI=1S/C22H36N4O3/c1-22(2,17-7-8-18(28-5)19(14-17)29-6)15-25-21(24-4)26-11-9-16(10-12-26)13-20(27)23-3/h7-8,14,16H,9-13,15H2,1-6H3,(H,23,27)(H,24,25). The summed E-state index contributed by atoms with van der Waals surface area (Å²) in [6.45, 7) is 6.97. The van der Waals surface area contributed by atoms with Crippen LogP contribution < -0.4 is 20.1 Å². The van der Waals surface area contributed by atoms with Crippen molar-refractivity contribution >= 4 is 11.9 Å². The lowest BCUT2D eigenvalue weighted by molar-refractivity contribution is -0.121. The second-order valence-corrected chi connectivity index (χ2v) is 8.16. The lowest BCUT2D eigenvalue weighted by Gasteiger charge is -2.35. The summed E-state index contributed by atoms with van der Waals surface area (Å²) in [4.78, 5) is 18.4. The van der Waals surface area contributed by atoms with Crippen molar-refractivity contribution in [2.24, 2.45) is 10.9 Å². The van der Waals surface area contributed by atoms with Gasteiger partial charge in [0, 0.05) is 45.6 Å². The van der Waals surface area contributed by atoms with Crippen LogP contribution in [-0.2, 0) is 10.2 Å². The zero-order chi connectivity index (χ0) is 21.4. The van der Waals surface area contributed by atoms with E-state index >= 15 is 0 Å². The van der Waals surface area contributed by atoms with Gasteiger partial charge in [0.15, 0.2) is 17.5 Å². The number of nitrogens with zero attached hydrogens (tertiary/aromatic N) is 2. The van der Waals surface area contributed by atoms with Crippen molar-refractivity contribution in [3.63, 3.8) is 0 Å². The predicted octanol–water partition coefficient (Wildman–Crippen LogP) is 2.40. The summed E-state index contributed by atoms with van der Waals surface area (Å²) in [5.41, 5.74) is 1.05. The van der Waals surface area contributed by atoms with Crippen molar-refractivity contribution in [1.29, 1.82) is 0 Å². The molecule has 1 amide bonds. The van der Waals surface area contributed by atoms with E-state index in [0.717, 1.165) is 49.9 Å². The van der Waals surface area contributed by atoms with E-state index in [-0.39, 0.29) is 11.3 Å². The van der Waals surface area contributed by atoms with Crippen LogP contribution in [0.1, 0.15) is 38.7 Å². The van der Waals surface area contributed by atoms with Gasteiger partial charge >= 0.3 is 0 Å². The molecule has 2 N–H and O–H groups in total. The lowest BCUT2D eigenvalue weighted by Crippen LogP contribution is -2.48. The third kappa shape index (κ3) is 6.02. The van der Waals surface area contributed by atoms with Gasteiger partial charge in [0.05, 0.1) is 14.2 Å². The van der Waals surface area contributed by atoms with Gasteiger partial charge in [-0.3, -0.25) is 9.79 Å². The number of carbonyl (C=O) groups is 1. The molecule has 0 atom stereocenters. The van der Waals surface area contributed by atoms with E-state index in [9.17, 15) is 4.79 Å². The van der Waals surface area contributed by atoms with Crippen LogP contribution in [0.15, 0.2) is 23.2 Å². The molecule has 7 heteroatoms. The quantitative estimate of drug-likeness (QED) is 0.539. The molecule has 1 heterocycles. The average molecular weight is 405 g/mol. The van der Waals surface area contributed by atoms with E-state index < -0.39 is 0 Å². The summed E-state index contributed by atoms with van der Waals surface area (Å²) < 4.78 is 10.8. The summed E-state index contributed by atoms with van der Waals surface area (Å²) in [6.07, 6.45) is 2.63. The number of methoxy groups -OCH3 is 2. The highest BCUT2D eigenvalue weighted by Gasteiger charge is 2.26. The Morgan fingerprint density at radius 3 is 2.41 bits per heavy atom. The second-order valence-electron chi connectivity index (χ2n) is 8.16. The molecular formula is C22H36N4O3. The van der Waals surface area contributed by atoms with Crippen LogP contribution in [-0.4, -0.2) is 64.7 Å². The number of likely N-dealkylation sites (tertiary alicyclic amines) is 1. The zero-order valence-corrected chi connectivity index (χ0v) is 18.7. The zero-order valence-electron chi connectivity index (χ0n) is 18.7. The Balaban J connectivity index is 1.96. The fraction of sp³-hybridized carbons (Fsp3) is 0.636. The van der Waals surface area contributed by atoms with Gasteiger partial charge in [0.1, 0.15) is 0 Å². The first-order valence-corrected chi connectivity index (χ1v) is 10.2. The number of hydrogen-bond acceptors (Lipinski definition) is 4. The van der Waals surface area contributed by atoms with Crippen molar-refractivity contribution in [3.8, 4) is 11.5 Å². The Morgan fingerprint density at radius 1 is 1.21 bits per heavy atom. The molecule has 1 aromatic rings. The highest BCUT2D eigenvalue weighted by Crippen LogP contribution is 2.33. The molecule has 1 aliphatic heterocycles. The fourth-order valence-corrected chi connectivity index (χ4v) is 3.70. The Bertz CT molecular complexity index is 710. The van der Waals surface area contributed by atoms with Crippen LogP contribution in [0.3, 0.4) is 0 Å². The van der Waals surface area contributed by atoms with Gasteiger partial charge in [0.25, 0.3) is 0 Å². The van der Waals surface area contributed by atoms with Crippen LogP contribution in [0.25, 0.3) is 0 Å². The minimum atomic E-state index is -0.118. The van der Waals surface area contributed by atoms with Crippen molar-refractivity contribution in [3.05, 3.63) is 23.8 Å². The normalized spacial score (nSPS) is 15.8. The molecule has 162 valence electrons. The molecule has 0 spiro atoms. The average Bonchev–Trinajstić information content (AvgIpc) is 2.74. The fourth-order valence-electron chi connectivity index (χ4n) is 3.70. The molecule has 1 saturated heterocycles. The molecular weight excluding hydrogens is 368 g/mol. The van der Waals surface area contributed by atoms with Gasteiger partial charge in [-0.2, -0.15) is 0 Å². The number of hydrogen-bond donors (Lipinski definition) is 2. The van der Waals surface area contributed by atoms with Gasteiger partial charge in [-0.25, -0.2) is 0 Å². The highest BCUT2D eigenvalue weighted by atomic mass is 16.5. The number of guanidine groups is 1. The summed E-state index contributed by atoms with van der Waals surface area (Å²) in [5, 5.41) is 6.26. The molecule has 1 aliphatic rings. The van der Waals surface area contributed by atoms with Crippen LogP contribution in [0, 0.1) is 5.92 Å². The molecule has 0 aromatic heterocycles. The summed E-state index contributed by atoms with van der Waals surface area (Å²) >= 11 is 0. The topological polar surface area (TPSA) is 75.2 Å². The van der Waals surface area contributed by atoms with Gasteiger partial charge < -0.3 is 25.0 Å². The van der Waals surface area contributed by atoms with Gasteiger partial charge in [-0.1, -0.05) is 19.9 Å². The second kappa shape index (κ2) is 10.4. The first kappa shape index (κ1) is 22.8. The molecule has 0 aliphatic carbocycles. The summed E-state index contributed by atoms with van der Waals surface area (Å²) in [6, 6.07) is 6.06. The van der Waals surface area contributed by atoms with Crippen molar-refractivity contribution < 1.29 is 14.3 Å². The largest absolute Gasteiger partial charge is 0.493 e. The maximum Gasteiger partial charge on any atom is 0.220 e. The molecule has 7 nitrogen and oxygen atoms in total. The molecule has 2 rings (SSSR count). The van der Waals surface area contributed by atoms with Crippen LogP contribution >= 0.6 is 0 Å². The number of ether oxygens (including phenoxy) is 2. The van der Waals surface area contributed by atoms with E-state index in [1.54, 1.807) is 21.3 Å². The number of nitrogens with one attached hydrogen (secondary N) is 2. The maximum absolute atomic E-state index is 11.6. The number of carbonyl (C=O) groups excluding carboxylic acids is 1. The predicted molar refractivity (Wildman–Crippen MR) is 117 cm³/mol. The minimum Gasteiger partial charge on any atom is -0.493 e. The molecule has 0 radical (unpaired) electrons. The minimum absolute atomic E-state index is 0.118. The molecule has 0 saturated carbocycles. The van der Waals surface area contributed by atoms with E-state index in [0.29, 0.717) is 12.3 Å². The Kier molecular flexibility index (Phi) is 8.17. The number of amides is 1. The SMILES string of the molecule is CN=C(NCC(C)(C)c1ccc(OC)c(OC)c1)N1CCC(CC(=O)NC)CC1. The van der Waals surface area contributed by atoms with Crippen molar-refractivity contribution in [1.82, 2.24) is 15.5 Å². The first-order chi connectivity index (χ1) is 13.8. The molecule has 1 aromatic carbocycles. The molecule has 0 unspecified atom stereocenters. The summed E-state index contributed by atoms with van der Waals surface area (Å²) in [7, 11) is 6.82. The van der Waals surface area contributed by atoms with Crippen LogP contribution in [0.2, 0.25) is 0 Å². The highest BCUT2D eigenvalue weighted by molar-refractivity contribution is 5.80. The third-order valence-corrected chi connectivity index (χ3v) is 5.73. The Morgan fingerprint density at radius 2 is 1.86 bits per heavy atom. The smallest absolute Gasteiger partial charge is 0.220 e. The number of benzene rings is 1. The summed E-state index contributed by atoms with van der Waals surface area (Å²) in [5.74, 6) is 2.96. The Labute approximate surface area is 174 Å². The number of piperidine rings is 1. The van der Waals surface area contributed by atoms with Gasteiger partial charge in [-0.15, -0.1) is 0 Å². The van der Waals surface area contributed by atoms with Crippen LogP contribution in [0.5, 0.6) is 11.5 Å². The van der Waals surface area contributed by atoms with Crippen molar-refractivity contribution in [2.45, 2.75) is 38.5 Å². The van der Waals surface area contributed by atoms with E-state index in [1.807, 2.05) is 19.2 Å². The lowest BCUT2D eigenvalue weighted by atomic mass is 9.84. The third-order valence-electron chi connectivity index (χ3n) is 5.73. The molecule has 0 bridgehead atoms. The van der Waals surface area contributed by atoms with Gasteiger partial charge in [-0.05, 0) is 36.5 Å². The van der Waals surface area contributed by atoms with E-state index in [1.165, 1.54) is 5.56 Å². The monoisotopic (exact) mass is 404 g/mol.